The zero-order valence-corrected chi connectivity index (χ0v) is 6.04. The molecule has 0 atom stereocenters. The number of hydrogen-bond acceptors (Lipinski definition) is 0. The fourth-order valence-corrected chi connectivity index (χ4v) is 0. The molecule has 0 aromatic heterocycles. The maximum absolute atomic E-state index is 0. The summed E-state index contributed by atoms with van der Waals surface area (Å²) in [5, 5.41) is 0. The summed E-state index contributed by atoms with van der Waals surface area (Å²) in [7, 11) is 0. The Morgan fingerprint density at radius 3 is 1.00 bits per heavy atom. The molecule has 0 spiro atoms. The van der Waals surface area contributed by atoms with Crippen molar-refractivity contribution in [2.45, 2.75) is 0 Å². The molecule has 4 heteroatoms. The first kappa shape index (κ1) is 33.6. The average Bonchev–Trinajstić information content (AvgIpc) is 0. The normalized spacial score (nSPS) is 0. The van der Waals surface area contributed by atoms with E-state index in [0.717, 1.165) is 0 Å². The maximum Gasteiger partial charge on any atom is 0 e. The molecule has 0 aliphatic carbocycles. The third-order valence-electron chi connectivity index (χ3n) is 0. The monoisotopic (exact) mass is 204 g/mol. The smallest absolute Gasteiger partial charge is 0 e. The molecule has 0 aliphatic rings. The summed E-state index contributed by atoms with van der Waals surface area (Å²) in [6.45, 7) is 0. The van der Waals surface area contributed by atoms with Crippen LogP contribution in [0.4, 0.5) is 0 Å². The van der Waals surface area contributed by atoms with Crippen LogP contribution < -0.4 is 0 Å². The van der Waals surface area contributed by atoms with Crippen molar-refractivity contribution in [1.29, 1.82) is 0 Å². The molecule has 0 rings (SSSR count). The van der Waals surface area contributed by atoms with Crippen molar-refractivity contribution in [1.82, 2.24) is 0 Å². The zero-order chi connectivity index (χ0) is 0. The van der Waals surface area contributed by atoms with Crippen LogP contribution in [-0.4, -0.2) is 23.1 Å². The van der Waals surface area contributed by atoms with Crippen LogP contribution in [0.5, 0.6) is 0 Å². The van der Waals surface area contributed by atoms with Crippen LogP contribution in [0.25, 0.3) is 0 Å². The number of rotatable bonds is 0. The van der Waals surface area contributed by atoms with Crippen molar-refractivity contribution in [3.8, 4) is 0 Å². The van der Waals surface area contributed by atoms with Crippen LogP contribution in [0.2, 0.25) is 0 Å². The van der Waals surface area contributed by atoms with Gasteiger partial charge >= 0.3 is 0 Å². The minimum atomic E-state index is 0. The van der Waals surface area contributed by atoms with Gasteiger partial charge in [-0.1, -0.05) is 0 Å². The Morgan fingerprint density at radius 2 is 1.00 bits per heavy atom. The largest absolute Gasteiger partial charge is 0 e. The van der Waals surface area contributed by atoms with Crippen LogP contribution in [0.3, 0.4) is 0 Å². The molecule has 0 bridgehead atoms. The Balaban J connectivity index is 0. The predicted molar refractivity (Wildman–Crippen MR) is 5.75 cm³/mol. The first-order valence-electron chi connectivity index (χ1n) is 0. The molecule has 0 fully saturated rings. The van der Waals surface area contributed by atoms with Gasteiger partial charge in [0.25, 0.3) is 0 Å². The third-order valence-corrected chi connectivity index (χ3v) is 0. The molecule has 0 aliphatic heterocycles. The van der Waals surface area contributed by atoms with E-state index in [1.54, 1.807) is 0 Å². The molecule has 0 N–H and O–H groups in total. The van der Waals surface area contributed by atoms with Crippen LogP contribution in [0.15, 0.2) is 0 Å². The average molecular weight is 205 g/mol. The molecule has 4 radical (unpaired) electrons. The summed E-state index contributed by atoms with van der Waals surface area (Å²) < 4.78 is 0. The van der Waals surface area contributed by atoms with Crippen LogP contribution in [-0.2, 0) is 50.3 Å². The summed E-state index contributed by atoms with van der Waals surface area (Å²) in [6.07, 6.45) is 0. The molecule has 0 nitrogen and oxygen atoms in total. The molecule has 0 saturated carbocycles. The minimum Gasteiger partial charge on any atom is 0 e. The Morgan fingerprint density at radius 1 is 1.00 bits per heavy atom. The van der Waals surface area contributed by atoms with Crippen LogP contribution in [0, 0.1) is 0 Å². The van der Waals surface area contributed by atoms with Gasteiger partial charge in [0.15, 0.2) is 0 Å². The van der Waals surface area contributed by atoms with Gasteiger partial charge < -0.3 is 0 Å². The third kappa shape index (κ3) is 8.86. The van der Waals surface area contributed by atoms with E-state index >= 15 is 0 Å². The van der Waals surface area contributed by atoms with Gasteiger partial charge in [0.05, 0.1) is 0 Å². The molecule has 32 valence electrons. The summed E-state index contributed by atoms with van der Waals surface area (Å²) >= 11 is 0. The van der Waals surface area contributed by atoms with Crippen molar-refractivity contribution in [3.05, 3.63) is 0 Å². The summed E-state index contributed by atoms with van der Waals surface area (Å²) in [4.78, 5) is 0. The van der Waals surface area contributed by atoms with Gasteiger partial charge in [-0.15, -0.1) is 0 Å². The summed E-state index contributed by atoms with van der Waals surface area (Å²) in [6, 6.07) is 0. The van der Waals surface area contributed by atoms with Crippen molar-refractivity contribution >= 4 is 23.1 Å². The van der Waals surface area contributed by atoms with Crippen LogP contribution in [0.1, 0.15) is 0 Å². The van der Waals surface area contributed by atoms with E-state index in [4.69, 9.17) is 0 Å². The van der Waals surface area contributed by atoms with Gasteiger partial charge in [0.1, 0.15) is 0 Å². The zero-order valence-electron chi connectivity index (χ0n) is 1.66. The van der Waals surface area contributed by atoms with E-state index < -0.39 is 0 Å². The molecule has 0 aromatic rings. The molecular weight excluding hydrogens is 205 g/mol. The maximum atomic E-state index is 0. The second kappa shape index (κ2) is 18.6. The van der Waals surface area contributed by atoms with Gasteiger partial charge in [0, 0.05) is 73.4 Å². The molecule has 0 heterocycles. The molecular formula is CoCuMgNi. The molecule has 4 heavy (non-hydrogen) atoms. The molecule has 0 saturated heterocycles. The van der Waals surface area contributed by atoms with E-state index in [1.165, 1.54) is 0 Å². The van der Waals surface area contributed by atoms with Gasteiger partial charge in [-0.25, -0.2) is 0 Å². The van der Waals surface area contributed by atoms with E-state index in [-0.39, 0.29) is 73.4 Å². The van der Waals surface area contributed by atoms with E-state index in [2.05, 4.69) is 0 Å². The van der Waals surface area contributed by atoms with Gasteiger partial charge in [-0.3, -0.25) is 0 Å². The van der Waals surface area contributed by atoms with Crippen molar-refractivity contribution in [2.24, 2.45) is 0 Å². The van der Waals surface area contributed by atoms with E-state index in [9.17, 15) is 0 Å². The first-order chi connectivity index (χ1) is 0. The van der Waals surface area contributed by atoms with Crippen LogP contribution >= 0.6 is 0 Å². The first-order valence-corrected chi connectivity index (χ1v) is 0. The standard InChI is InChI=1S/Co.Cu.Mg.Ni. The van der Waals surface area contributed by atoms with Crippen molar-refractivity contribution in [2.75, 3.05) is 0 Å². The second-order valence-corrected chi connectivity index (χ2v) is 0. The fraction of sp³-hybridized carbons (Fsp3) is 0. The summed E-state index contributed by atoms with van der Waals surface area (Å²) in [5.74, 6) is 0. The predicted octanol–water partition coefficient (Wildman–Crippen LogP) is -0.388. The molecule has 0 aromatic carbocycles. The van der Waals surface area contributed by atoms with E-state index in [0.29, 0.717) is 0 Å². The van der Waals surface area contributed by atoms with Crippen molar-refractivity contribution in [3.63, 3.8) is 0 Å². The Bertz CT molecular complexity index is 8.00. The SMILES string of the molecule is [Co].[Cu].[Mg].[Ni]. The number of hydrogen-bond donors (Lipinski definition) is 0. The van der Waals surface area contributed by atoms with Crippen molar-refractivity contribution < 1.29 is 50.3 Å². The molecule has 0 unspecified atom stereocenters. The topological polar surface area (TPSA) is 0 Å². The summed E-state index contributed by atoms with van der Waals surface area (Å²) in [5.41, 5.74) is 0. The van der Waals surface area contributed by atoms with E-state index in [1.807, 2.05) is 0 Å². The Hall–Kier alpha value is 2.29. The quantitative estimate of drug-likeness (QED) is 0.473. The van der Waals surface area contributed by atoms with Gasteiger partial charge in [-0.2, -0.15) is 0 Å². The molecule has 0 amide bonds. The van der Waals surface area contributed by atoms with Gasteiger partial charge in [0.2, 0.25) is 0 Å². The minimum absolute atomic E-state index is 0. The Labute approximate surface area is 72.6 Å². The van der Waals surface area contributed by atoms with Gasteiger partial charge in [-0.05, 0) is 0 Å². The Kier molecular flexibility index (Phi) is 156. The second-order valence-electron chi connectivity index (χ2n) is 0. The fourth-order valence-electron chi connectivity index (χ4n) is 0.